The van der Waals surface area contributed by atoms with E-state index < -0.39 is 0 Å². The summed E-state index contributed by atoms with van der Waals surface area (Å²) in [6.45, 7) is 1.36. The first kappa shape index (κ1) is 22.9. The van der Waals surface area contributed by atoms with Gasteiger partial charge in [0.2, 0.25) is 5.91 Å². The molecule has 0 bridgehead atoms. The largest absolute Gasteiger partial charge is 0.376 e. The zero-order valence-corrected chi connectivity index (χ0v) is 20.6. The minimum atomic E-state index is 0.0983. The van der Waals surface area contributed by atoms with Gasteiger partial charge in [0.05, 0.1) is 22.9 Å². The van der Waals surface area contributed by atoms with E-state index >= 15 is 0 Å². The number of thioether (sulfide) groups is 2. The summed E-state index contributed by atoms with van der Waals surface area (Å²) in [5, 5.41) is 1.52. The number of aromatic nitrogens is 1. The van der Waals surface area contributed by atoms with Gasteiger partial charge in [-0.1, -0.05) is 22.9 Å². The fraction of sp³-hybridized carbons (Fsp3) is 0.391. The Morgan fingerprint density at radius 2 is 2.06 bits per heavy atom. The number of rotatable bonds is 9. The maximum absolute atomic E-state index is 13.2. The van der Waals surface area contributed by atoms with Gasteiger partial charge in [-0.3, -0.25) is 9.69 Å². The highest BCUT2D eigenvalue weighted by molar-refractivity contribution is 7.99. The van der Waals surface area contributed by atoms with Gasteiger partial charge in [-0.05, 0) is 73.7 Å². The standard InChI is InChI=1S/C23H25ClN2O2S3/c1-29-19-10-11-20-21(14-19)31-23(25-20)26(15-17-4-2-12-28-17)22(27)5-3-13-30-18-8-6-16(24)7-9-18/h6-11,14,17H,2-5,12-13,15H2,1H3. The molecule has 0 N–H and O–H groups in total. The molecule has 2 aromatic carbocycles. The highest BCUT2D eigenvalue weighted by atomic mass is 35.5. The summed E-state index contributed by atoms with van der Waals surface area (Å²) in [6.07, 6.45) is 5.54. The van der Waals surface area contributed by atoms with Crippen molar-refractivity contribution in [1.82, 2.24) is 4.98 Å². The van der Waals surface area contributed by atoms with Crippen LogP contribution < -0.4 is 4.90 Å². The normalized spacial score (nSPS) is 16.1. The van der Waals surface area contributed by atoms with Gasteiger partial charge in [0.1, 0.15) is 0 Å². The van der Waals surface area contributed by atoms with Crippen LogP contribution in [0.15, 0.2) is 52.3 Å². The molecule has 1 saturated heterocycles. The predicted molar refractivity (Wildman–Crippen MR) is 134 cm³/mol. The fourth-order valence-electron chi connectivity index (χ4n) is 3.49. The van der Waals surface area contributed by atoms with Crippen molar-refractivity contribution in [2.45, 2.75) is 41.6 Å². The summed E-state index contributed by atoms with van der Waals surface area (Å²) in [7, 11) is 0. The van der Waals surface area contributed by atoms with Crippen LogP contribution >= 0.6 is 46.5 Å². The van der Waals surface area contributed by atoms with Gasteiger partial charge in [-0.2, -0.15) is 0 Å². The Hall–Kier alpha value is -1.25. The number of fused-ring (bicyclic) bond motifs is 1. The number of anilines is 1. The van der Waals surface area contributed by atoms with Crippen molar-refractivity contribution in [3.63, 3.8) is 0 Å². The molecule has 0 spiro atoms. The van der Waals surface area contributed by atoms with E-state index in [0.717, 1.165) is 52.0 Å². The molecule has 31 heavy (non-hydrogen) atoms. The minimum Gasteiger partial charge on any atom is -0.376 e. The number of halogens is 1. The van der Waals surface area contributed by atoms with Gasteiger partial charge in [0, 0.05) is 27.8 Å². The topological polar surface area (TPSA) is 42.4 Å². The second-order valence-corrected chi connectivity index (χ2v) is 10.9. The van der Waals surface area contributed by atoms with Gasteiger partial charge >= 0.3 is 0 Å². The lowest BCUT2D eigenvalue weighted by atomic mass is 10.2. The molecule has 0 saturated carbocycles. The zero-order chi connectivity index (χ0) is 21.6. The SMILES string of the molecule is CSc1ccc2nc(N(CC3CCCO3)C(=O)CCCSc3ccc(Cl)cc3)sc2c1. The van der Waals surface area contributed by atoms with Crippen molar-refractivity contribution >= 4 is 67.7 Å². The number of thiazole rings is 1. The van der Waals surface area contributed by atoms with E-state index in [4.69, 9.17) is 21.3 Å². The van der Waals surface area contributed by atoms with Gasteiger partial charge in [0.15, 0.2) is 5.13 Å². The average Bonchev–Trinajstić information content (AvgIpc) is 3.45. The van der Waals surface area contributed by atoms with Crippen LogP contribution in [0.25, 0.3) is 10.2 Å². The highest BCUT2D eigenvalue weighted by Gasteiger charge is 2.26. The Balaban J connectivity index is 1.42. The monoisotopic (exact) mass is 492 g/mol. The Labute approximate surface area is 200 Å². The number of benzene rings is 2. The van der Waals surface area contributed by atoms with Crippen LogP contribution in [-0.2, 0) is 9.53 Å². The number of nitrogens with zero attached hydrogens (tertiary/aromatic N) is 2. The molecule has 1 atom stereocenters. The number of amides is 1. The molecule has 1 fully saturated rings. The second kappa shape index (κ2) is 11.1. The molecule has 0 radical (unpaired) electrons. The number of carbonyl (C=O) groups is 1. The van der Waals surface area contributed by atoms with Gasteiger partial charge < -0.3 is 4.74 Å². The summed E-state index contributed by atoms with van der Waals surface area (Å²) < 4.78 is 6.94. The highest BCUT2D eigenvalue weighted by Crippen LogP contribution is 2.33. The third-order valence-electron chi connectivity index (χ3n) is 5.14. The van der Waals surface area contributed by atoms with E-state index in [1.807, 2.05) is 35.2 Å². The van der Waals surface area contributed by atoms with Gasteiger partial charge in [-0.25, -0.2) is 4.98 Å². The van der Waals surface area contributed by atoms with Crippen molar-refractivity contribution < 1.29 is 9.53 Å². The third-order valence-corrected chi connectivity index (χ3v) is 8.26. The Morgan fingerprint density at radius 1 is 1.26 bits per heavy atom. The van der Waals surface area contributed by atoms with Gasteiger partial charge in [0.25, 0.3) is 0 Å². The Bertz CT molecular complexity index is 1020. The first-order valence-corrected chi connectivity index (χ1v) is 13.8. The molecule has 8 heteroatoms. The predicted octanol–water partition coefficient (Wildman–Crippen LogP) is 6.76. The van der Waals surface area contributed by atoms with Gasteiger partial charge in [-0.15, -0.1) is 23.5 Å². The van der Waals surface area contributed by atoms with Crippen molar-refractivity contribution in [2.75, 3.05) is 30.1 Å². The maximum Gasteiger partial charge on any atom is 0.228 e. The molecule has 4 nitrogen and oxygen atoms in total. The van der Waals surface area contributed by atoms with Crippen molar-refractivity contribution in [1.29, 1.82) is 0 Å². The molecule has 2 heterocycles. The number of carbonyl (C=O) groups excluding carboxylic acids is 1. The summed E-state index contributed by atoms with van der Waals surface area (Å²) >= 11 is 11.0. The summed E-state index contributed by atoms with van der Waals surface area (Å²) in [4.78, 5) is 22.2. The summed E-state index contributed by atoms with van der Waals surface area (Å²) in [6, 6.07) is 14.1. The van der Waals surface area contributed by atoms with E-state index in [2.05, 4.69) is 18.4 Å². The molecule has 1 unspecified atom stereocenters. The van der Waals surface area contributed by atoms with E-state index in [1.54, 1.807) is 34.9 Å². The Morgan fingerprint density at radius 3 is 2.81 bits per heavy atom. The van der Waals surface area contributed by atoms with Crippen LogP contribution in [0, 0.1) is 0 Å². The third kappa shape index (κ3) is 6.17. The first-order chi connectivity index (χ1) is 15.1. The Kier molecular flexibility index (Phi) is 8.18. The molecule has 1 aliphatic heterocycles. The average molecular weight is 493 g/mol. The van der Waals surface area contributed by atoms with E-state index in [-0.39, 0.29) is 12.0 Å². The van der Waals surface area contributed by atoms with E-state index in [0.29, 0.717) is 13.0 Å². The molecule has 1 amide bonds. The molecule has 4 rings (SSSR count). The maximum atomic E-state index is 13.2. The summed E-state index contributed by atoms with van der Waals surface area (Å²) in [5.74, 6) is 1.01. The lowest BCUT2D eigenvalue weighted by Crippen LogP contribution is -2.37. The molecule has 1 aromatic heterocycles. The van der Waals surface area contributed by atoms with Crippen molar-refractivity contribution in [3.05, 3.63) is 47.5 Å². The zero-order valence-electron chi connectivity index (χ0n) is 17.4. The lowest BCUT2D eigenvalue weighted by molar-refractivity contribution is -0.119. The molecule has 3 aromatic rings. The van der Waals surface area contributed by atoms with Crippen LogP contribution in [0.4, 0.5) is 5.13 Å². The van der Waals surface area contributed by atoms with Crippen molar-refractivity contribution in [2.24, 2.45) is 0 Å². The fourth-order valence-corrected chi connectivity index (χ4v) is 6.02. The van der Waals surface area contributed by atoms with Crippen LogP contribution in [0.3, 0.4) is 0 Å². The molecule has 1 aliphatic rings. The molecular formula is C23H25ClN2O2S3. The van der Waals surface area contributed by atoms with Crippen LogP contribution in [0.5, 0.6) is 0 Å². The van der Waals surface area contributed by atoms with E-state index in [9.17, 15) is 4.79 Å². The molecule has 164 valence electrons. The lowest BCUT2D eigenvalue weighted by Gasteiger charge is -2.23. The quantitative estimate of drug-likeness (QED) is 0.244. The molecule has 0 aliphatic carbocycles. The number of hydrogen-bond donors (Lipinski definition) is 0. The minimum absolute atomic E-state index is 0.0983. The second-order valence-electron chi connectivity index (χ2n) is 7.38. The van der Waals surface area contributed by atoms with E-state index in [1.165, 1.54) is 9.79 Å². The van der Waals surface area contributed by atoms with Crippen molar-refractivity contribution in [3.8, 4) is 0 Å². The van der Waals surface area contributed by atoms with Crippen LogP contribution in [-0.4, -0.2) is 42.2 Å². The summed E-state index contributed by atoms with van der Waals surface area (Å²) in [5.41, 5.74) is 0.946. The number of ether oxygens (including phenoxy) is 1. The first-order valence-electron chi connectivity index (χ1n) is 10.4. The smallest absolute Gasteiger partial charge is 0.228 e. The molecular weight excluding hydrogens is 468 g/mol. The van der Waals surface area contributed by atoms with Crippen LogP contribution in [0.2, 0.25) is 5.02 Å². The van der Waals surface area contributed by atoms with Crippen LogP contribution in [0.1, 0.15) is 25.7 Å². The number of hydrogen-bond acceptors (Lipinski definition) is 6.